The van der Waals surface area contributed by atoms with Gasteiger partial charge in [0.15, 0.2) is 17.1 Å². The van der Waals surface area contributed by atoms with Gasteiger partial charge in [-0.25, -0.2) is 28.4 Å². The molecule has 30 nitrogen and oxygen atoms in total. The molecule has 0 saturated carbocycles. The highest BCUT2D eigenvalue weighted by Crippen LogP contribution is 2.36. The summed E-state index contributed by atoms with van der Waals surface area (Å²) in [5.74, 6) is -1.35. The summed E-state index contributed by atoms with van der Waals surface area (Å²) in [6.07, 6.45) is 12.8. The van der Waals surface area contributed by atoms with Gasteiger partial charge >= 0.3 is 18.1 Å². The average molecular weight is 2040 g/mol. The number of fused-ring (bicyclic) bond motifs is 4. The van der Waals surface area contributed by atoms with Crippen molar-refractivity contribution in [2.45, 2.75) is 217 Å². The quantitative estimate of drug-likeness (QED) is 0.0176. The van der Waals surface area contributed by atoms with Gasteiger partial charge in [-0.1, -0.05) is 213 Å². The fraction of sp³-hybridized carbons (Fsp3) is 0.356. The molecular formula is C118H139ClN18O12. The summed E-state index contributed by atoms with van der Waals surface area (Å²) in [5, 5.41) is 65.4. The number of rotatable bonds is 36. The van der Waals surface area contributed by atoms with Gasteiger partial charge in [-0.2, -0.15) is 15.3 Å². The van der Waals surface area contributed by atoms with E-state index in [4.69, 9.17) is 26.9 Å². The number of aryl methyl sites for hydroxylation is 6. The van der Waals surface area contributed by atoms with Crippen molar-refractivity contribution in [2.75, 3.05) is 91.0 Å². The summed E-state index contributed by atoms with van der Waals surface area (Å²) in [6, 6.07) is 66.2. The van der Waals surface area contributed by atoms with E-state index in [0.717, 1.165) is 144 Å². The van der Waals surface area contributed by atoms with Crippen molar-refractivity contribution in [1.82, 2.24) is 58.7 Å². The Labute approximate surface area is 877 Å². The van der Waals surface area contributed by atoms with Gasteiger partial charge in [0.2, 0.25) is 0 Å². The van der Waals surface area contributed by atoms with E-state index in [1.54, 1.807) is 120 Å². The first-order valence-electron chi connectivity index (χ1n) is 52.1. The standard InChI is InChI=1S/C41H46N6O4.C39H48N6O4.C38H45ClN6O4/c1-4-6-20-45(21-7-5-2)40(50)37-22-28(3)47(44-37)38-19-18-34(43-41(51)42-33-17-16-29-12-8-9-13-30(29)23-33)25-36(38)39(49)46-26-32-15-11-10-14-31(32)24-35(46)27-48;1-6-8-19-43(20-9-7-2)38(48)34-21-28(5)45(42-34)35-18-17-31(40-39(49)41-36-26(3)13-12-14-27(36)4)23-33(35)37(47)44-24-30-16-11-10-15-29(30)22-32(44)25-46;1-5-7-17-43(18-8-6-2)37(48)34-20-26(4)45(42-34)35-16-14-30(40-38(49)41-33-15-13-29(39)19-25(33)3)22-32(35)36(47)44-23-28-12-10-9-11-27(28)21-31(44)24-46/h8-19,22-23,25,35,48H,4-7,20-21,24,26-27H2,1-3H3,(H2,42,43,51);10-18,21,23,32,46H,6-9,19-20,22,24-25H2,1-5H3,(H2,40,41,49);9-16,19-20,22,31,46H,5-8,17-18,21,23-24H2,1-4H3,(H2,40,41,49)/t35-;32-;31-/m000/s1. The van der Waals surface area contributed by atoms with Gasteiger partial charge in [-0.15, -0.1) is 0 Å². The highest BCUT2D eigenvalue weighted by Gasteiger charge is 2.38. The van der Waals surface area contributed by atoms with Gasteiger partial charge in [0.25, 0.3) is 35.4 Å². The van der Waals surface area contributed by atoms with Gasteiger partial charge < -0.3 is 76.6 Å². The van der Waals surface area contributed by atoms with Crippen LogP contribution in [-0.2, 0) is 38.9 Å². The maximum Gasteiger partial charge on any atom is 0.323 e. The minimum absolute atomic E-state index is 0.133. The Kier molecular flexibility index (Phi) is 38.2. The van der Waals surface area contributed by atoms with E-state index >= 15 is 0 Å². The summed E-state index contributed by atoms with van der Waals surface area (Å²) in [4.78, 5) is 135. The van der Waals surface area contributed by atoms with Crippen LogP contribution in [0.1, 0.15) is 248 Å². The lowest BCUT2D eigenvalue weighted by Gasteiger charge is -2.36. The zero-order valence-corrected chi connectivity index (χ0v) is 88.2. The normalized spacial score (nSPS) is 13.9. The van der Waals surface area contributed by atoms with E-state index in [1.165, 1.54) is 0 Å². The molecule has 0 aliphatic carbocycles. The Morgan fingerprint density at radius 1 is 0.322 bits per heavy atom. The molecule has 12 amide bonds. The van der Waals surface area contributed by atoms with Gasteiger partial charge in [-0.05, 0) is 263 Å². The molecule has 3 atom stereocenters. The van der Waals surface area contributed by atoms with Crippen molar-refractivity contribution in [3.05, 3.63) is 330 Å². The fourth-order valence-corrected chi connectivity index (χ4v) is 19.5. The number of aromatic nitrogens is 6. The molecule has 0 fully saturated rings. The number of anilines is 6. The highest BCUT2D eigenvalue weighted by molar-refractivity contribution is 6.30. The van der Waals surface area contributed by atoms with Crippen molar-refractivity contribution in [1.29, 1.82) is 0 Å². The van der Waals surface area contributed by atoms with Crippen molar-refractivity contribution in [2.24, 2.45) is 0 Å². The van der Waals surface area contributed by atoms with Crippen LogP contribution in [0.5, 0.6) is 0 Å². The summed E-state index contributed by atoms with van der Waals surface area (Å²) in [6.45, 7) is 28.2. The monoisotopic (exact) mass is 2040 g/mol. The molecule has 0 spiro atoms. The number of unbranched alkanes of at least 4 members (excludes halogenated alkanes) is 6. The Hall–Kier alpha value is -15.1. The molecule has 3 aromatic heterocycles. The third-order valence-corrected chi connectivity index (χ3v) is 27.9. The molecule has 10 aromatic carbocycles. The van der Waals surface area contributed by atoms with Gasteiger partial charge in [0.05, 0.1) is 71.7 Å². The summed E-state index contributed by atoms with van der Waals surface area (Å²) >= 11 is 6.09. The van der Waals surface area contributed by atoms with Crippen LogP contribution in [0.15, 0.2) is 224 Å². The van der Waals surface area contributed by atoms with E-state index in [2.05, 4.69) is 73.4 Å². The van der Waals surface area contributed by atoms with Crippen LogP contribution < -0.4 is 31.9 Å². The average Bonchev–Trinajstić information content (AvgIpc) is 1.76. The number of urea groups is 3. The molecule has 9 N–H and O–H groups in total. The smallest absolute Gasteiger partial charge is 0.323 e. The van der Waals surface area contributed by atoms with Crippen LogP contribution in [0.2, 0.25) is 5.02 Å². The lowest BCUT2D eigenvalue weighted by Crippen LogP contribution is -2.46. The van der Waals surface area contributed by atoms with Crippen molar-refractivity contribution in [3.8, 4) is 17.1 Å². The maximum atomic E-state index is 14.6. The largest absolute Gasteiger partial charge is 0.394 e. The molecule has 0 bridgehead atoms. The molecule has 31 heteroatoms. The van der Waals surface area contributed by atoms with Gasteiger partial charge in [0, 0.05) is 115 Å². The van der Waals surface area contributed by atoms with Gasteiger partial charge in [-0.3, -0.25) is 28.8 Å². The number of hydrogen-bond donors (Lipinski definition) is 9. The Morgan fingerprint density at radius 2 is 0.624 bits per heavy atom. The highest BCUT2D eigenvalue weighted by atomic mass is 35.5. The molecule has 6 heterocycles. The number of carbonyl (C=O) groups excluding carboxylic acids is 9. The van der Waals surface area contributed by atoms with Crippen molar-refractivity contribution < 1.29 is 58.5 Å². The minimum Gasteiger partial charge on any atom is -0.394 e. The number of amides is 12. The lowest BCUT2D eigenvalue weighted by atomic mass is 9.93. The fourth-order valence-electron chi connectivity index (χ4n) is 19.2. The number of carbonyl (C=O) groups is 9. The van der Waals surface area contributed by atoms with Crippen LogP contribution in [-0.4, -0.2) is 205 Å². The second-order valence-electron chi connectivity index (χ2n) is 38.7. The van der Waals surface area contributed by atoms with E-state index in [1.807, 2.05) is 190 Å². The molecule has 16 rings (SSSR count). The Bertz CT molecular complexity index is 6920. The van der Waals surface area contributed by atoms with Gasteiger partial charge in [0.1, 0.15) is 0 Å². The number of benzene rings is 10. The lowest BCUT2D eigenvalue weighted by molar-refractivity contribution is 0.0539. The SMILES string of the molecule is CCCCN(CCCC)C(=O)c1cc(C)n(-c2ccc(NC(=O)Nc3c(C)cccc3C)cc2C(=O)N2Cc3ccccc3C[C@H]2CO)n1.CCCCN(CCCC)C(=O)c1cc(C)n(-c2ccc(NC(=O)Nc3ccc(Cl)cc3C)cc2C(=O)N2Cc3ccccc3C[C@H]2CO)n1.CCCCN(CCCC)C(=O)c1cc(C)n(-c2ccc(NC(=O)Nc3ccc4ccccc4c3)cc2C(=O)N2Cc3ccccc3C[C@H]2CO)n1. The first-order chi connectivity index (χ1) is 72.1. The molecular weight excluding hydrogens is 1900 g/mol. The molecule has 3 aliphatic rings. The van der Waals surface area contributed by atoms with E-state index in [0.29, 0.717) is 168 Å². The van der Waals surface area contributed by atoms with Crippen LogP contribution in [0.3, 0.4) is 0 Å². The molecule has 0 saturated heterocycles. The summed E-state index contributed by atoms with van der Waals surface area (Å²) in [5.41, 5.74) is 17.5. The first-order valence-corrected chi connectivity index (χ1v) is 52.5. The van der Waals surface area contributed by atoms with Crippen LogP contribution >= 0.6 is 11.6 Å². The molecule has 0 radical (unpaired) electrons. The molecule has 149 heavy (non-hydrogen) atoms. The zero-order chi connectivity index (χ0) is 106. The van der Waals surface area contributed by atoms with Crippen molar-refractivity contribution in [3.63, 3.8) is 0 Å². The first kappa shape index (κ1) is 110. The van der Waals surface area contributed by atoms with E-state index in [9.17, 15) is 58.5 Å². The molecule has 0 unspecified atom stereocenters. The minimum atomic E-state index is -0.487. The maximum absolute atomic E-state index is 14.6. The zero-order valence-electron chi connectivity index (χ0n) is 87.4. The number of aliphatic hydroxyl groups excluding tert-OH is 3. The Balaban J connectivity index is 0.000000176. The molecule has 13 aromatic rings. The topological polar surface area (TPSA) is 359 Å². The molecule has 3 aliphatic heterocycles. The van der Waals surface area contributed by atoms with Crippen LogP contribution in [0, 0.1) is 41.5 Å². The summed E-state index contributed by atoms with van der Waals surface area (Å²) in [7, 11) is 0. The number of para-hydroxylation sites is 1. The second-order valence-corrected chi connectivity index (χ2v) is 39.1. The predicted octanol–water partition coefficient (Wildman–Crippen LogP) is 22.0. The third kappa shape index (κ3) is 27.1. The van der Waals surface area contributed by atoms with Crippen LogP contribution in [0.25, 0.3) is 27.8 Å². The number of nitrogens with zero attached hydrogens (tertiary/aromatic N) is 12. The molecule has 780 valence electrons. The number of nitrogens with one attached hydrogen (secondary N) is 6. The van der Waals surface area contributed by atoms with E-state index < -0.39 is 36.2 Å². The summed E-state index contributed by atoms with van der Waals surface area (Å²) < 4.78 is 4.87. The number of halogens is 1. The third-order valence-electron chi connectivity index (χ3n) is 27.7. The second kappa shape index (κ2) is 52.0. The van der Waals surface area contributed by atoms with E-state index in [-0.39, 0.29) is 66.4 Å². The number of aliphatic hydroxyl groups is 3. The van der Waals surface area contributed by atoms with Crippen molar-refractivity contribution >= 4 is 110 Å². The Morgan fingerprint density at radius 3 is 0.953 bits per heavy atom. The van der Waals surface area contributed by atoms with Crippen LogP contribution in [0.4, 0.5) is 48.5 Å². The predicted molar refractivity (Wildman–Crippen MR) is 589 cm³/mol. The number of hydrogen-bond acceptors (Lipinski definition) is 15.